The van der Waals surface area contributed by atoms with E-state index in [0.29, 0.717) is 6.54 Å². The molecule has 1 saturated carbocycles. The molecule has 2 heterocycles. The molecule has 1 aliphatic carbocycles. The molecule has 0 aromatic carbocycles. The van der Waals surface area contributed by atoms with Crippen LogP contribution >= 0.6 is 0 Å². The third kappa shape index (κ3) is 5.28. The molecule has 29 heavy (non-hydrogen) atoms. The number of guanidine groups is 1. The van der Waals surface area contributed by atoms with Crippen molar-refractivity contribution in [1.29, 1.82) is 0 Å². The van der Waals surface area contributed by atoms with Gasteiger partial charge in [-0.15, -0.1) is 10.2 Å². The molecular weight excluding hydrogens is 366 g/mol. The first-order valence-electron chi connectivity index (χ1n) is 11.1. The molecule has 1 amide bonds. The number of aryl methyl sites for hydroxylation is 2. The Morgan fingerprint density at radius 1 is 1.14 bits per heavy atom. The standard InChI is InChI=1S/C21H37N7O/c1-22-20(24-16-21(12-6-7-13-21)19(29)27(2)3)23-14-9-11-18-26-25-17-10-5-4-8-15-28(17)18/h4-16H2,1-3H3,(H2,22,23,24). The van der Waals surface area contributed by atoms with Crippen LogP contribution in [0.4, 0.5) is 0 Å². The number of hydrogen-bond acceptors (Lipinski definition) is 4. The molecule has 0 saturated heterocycles. The maximum absolute atomic E-state index is 12.7. The summed E-state index contributed by atoms with van der Waals surface area (Å²) in [5.74, 6) is 3.25. The molecule has 162 valence electrons. The fourth-order valence-electron chi connectivity index (χ4n) is 4.65. The van der Waals surface area contributed by atoms with E-state index in [1.807, 2.05) is 14.1 Å². The van der Waals surface area contributed by atoms with Gasteiger partial charge in [-0.3, -0.25) is 9.79 Å². The maximum atomic E-state index is 12.7. The van der Waals surface area contributed by atoms with Gasteiger partial charge in [0.2, 0.25) is 5.91 Å². The van der Waals surface area contributed by atoms with Crippen LogP contribution in [0.1, 0.15) is 63.0 Å². The molecule has 0 atom stereocenters. The summed E-state index contributed by atoms with van der Waals surface area (Å²) in [5, 5.41) is 15.6. The number of hydrogen-bond donors (Lipinski definition) is 2. The van der Waals surface area contributed by atoms with E-state index in [2.05, 4.69) is 30.4 Å². The summed E-state index contributed by atoms with van der Waals surface area (Å²) in [4.78, 5) is 18.8. The minimum atomic E-state index is -0.291. The molecule has 1 fully saturated rings. The highest BCUT2D eigenvalue weighted by Gasteiger charge is 2.42. The molecule has 8 heteroatoms. The molecule has 2 N–H and O–H groups in total. The van der Waals surface area contributed by atoms with Crippen molar-refractivity contribution in [2.24, 2.45) is 10.4 Å². The van der Waals surface area contributed by atoms with Crippen molar-refractivity contribution >= 4 is 11.9 Å². The highest BCUT2D eigenvalue weighted by atomic mass is 16.2. The van der Waals surface area contributed by atoms with Crippen molar-refractivity contribution in [3.05, 3.63) is 11.6 Å². The van der Waals surface area contributed by atoms with Crippen LogP contribution in [0.3, 0.4) is 0 Å². The zero-order chi connectivity index (χ0) is 20.7. The van der Waals surface area contributed by atoms with E-state index in [1.54, 1.807) is 11.9 Å². The van der Waals surface area contributed by atoms with Gasteiger partial charge in [-0.1, -0.05) is 19.3 Å². The summed E-state index contributed by atoms with van der Waals surface area (Å²) in [6, 6.07) is 0. The smallest absolute Gasteiger partial charge is 0.230 e. The van der Waals surface area contributed by atoms with Crippen molar-refractivity contribution in [3.63, 3.8) is 0 Å². The van der Waals surface area contributed by atoms with E-state index >= 15 is 0 Å². The Balaban J connectivity index is 1.45. The lowest BCUT2D eigenvalue weighted by Crippen LogP contribution is -2.49. The second-order valence-corrected chi connectivity index (χ2v) is 8.64. The number of fused-ring (bicyclic) bond motifs is 1. The quantitative estimate of drug-likeness (QED) is 0.411. The summed E-state index contributed by atoms with van der Waals surface area (Å²) >= 11 is 0. The van der Waals surface area contributed by atoms with Gasteiger partial charge in [0.25, 0.3) is 0 Å². The van der Waals surface area contributed by atoms with Gasteiger partial charge in [0.15, 0.2) is 5.96 Å². The van der Waals surface area contributed by atoms with Crippen molar-refractivity contribution in [2.75, 3.05) is 34.2 Å². The van der Waals surface area contributed by atoms with Gasteiger partial charge in [0.1, 0.15) is 11.6 Å². The second kappa shape index (κ2) is 10.1. The van der Waals surface area contributed by atoms with Gasteiger partial charge in [-0.2, -0.15) is 0 Å². The van der Waals surface area contributed by atoms with Crippen LogP contribution in [-0.4, -0.2) is 65.8 Å². The van der Waals surface area contributed by atoms with E-state index in [-0.39, 0.29) is 11.3 Å². The lowest BCUT2D eigenvalue weighted by molar-refractivity contribution is -0.138. The molecule has 2 aliphatic rings. The zero-order valence-corrected chi connectivity index (χ0v) is 18.3. The van der Waals surface area contributed by atoms with Gasteiger partial charge < -0.3 is 20.1 Å². The Morgan fingerprint density at radius 3 is 2.66 bits per heavy atom. The van der Waals surface area contributed by atoms with E-state index in [1.165, 1.54) is 19.3 Å². The van der Waals surface area contributed by atoms with Crippen LogP contribution in [0, 0.1) is 5.41 Å². The Labute approximate surface area is 174 Å². The fourth-order valence-corrected chi connectivity index (χ4v) is 4.65. The molecule has 8 nitrogen and oxygen atoms in total. The third-order valence-corrected chi connectivity index (χ3v) is 6.29. The topological polar surface area (TPSA) is 87.4 Å². The number of nitrogens with zero attached hydrogens (tertiary/aromatic N) is 5. The van der Waals surface area contributed by atoms with Gasteiger partial charge >= 0.3 is 0 Å². The zero-order valence-electron chi connectivity index (χ0n) is 18.3. The second-order valence-electron chi connectivity index (χ2n) is 8.64. The van der Waals surface area contributed by atoms with Crippen molar-refractivity contribution in [3.8, 4) is 0 Å². The van der Waals surface area contributed by atoms with Crippen LogP contribution in [0.2, 0.25) is 0 Å². The lowest BCUT2D eigenvalue weighted by Gasteiger charge is -2.31. The average Bonchev–Trinajstić information content (AvgIpc) is 3.28. The summed E-state index contributed by atoms with van der Waals surface area (Å²) < 4.78 is 2.32. The molecule has 1 aromatic rings. The molecule has 0 unspecified atom stereocenters. The number of aliphatic imine (C=N–C) groups is 1. The van der Waals surface area contributed by atoms with Crippen molar-refractivity contribution in [1.82, 2.24) is 30.3 Å². The summed E-state index contributed by atoms with van der Waals surface area (Å²) in [6.45, 7) is 2.51. The van der Waals surface area contributed by atoms with Gasteiger partial charge in [-0.05, 0) is 32.1 Å². The van der Waals surface area contributed by atoms with E-state index in [0.717, 1.165) is 75.6 Å². The molecule has 3 rings (SSSR count). The molecular formula is C21H37N7O. The number of aromatic nitrogens is 3. The predicted octanol–water partition coefficient (Wildman–Crippen LogP) is 1.75. The number of amides is 1. The van der Waals surface area contributed by atoms with Crippen LogP contribution < -0.4 is 10.6 Å². The first-order chi connectivity index (χ1) is 14.1. The van der Waals surface area contributed by atoms with Crippen LogP contribution in [0.25, 0.3) is 0 Å². The Morgan fingerprint density at radius 2 is 1.93 bits per heavy atom. The SMILES string of the molecule is CN=C(NCCCc1nnc2n1CCCCC2)NCC1(C(=O)N(C)C)CCCC1. The number of rotatable bonds is 7. The molecule has 1 aromatic heterocycles. The minimum Gasteiger partial charge on any atom is -0.356 e. The van der Waals surface area contributed by atoms with Gasteiger partial charge in [0.05, 0.1) is 5.41 Å². The first kappa shape index (κ1) is 21.6. The van der Waals surface area contributed by atoms with Crippen LogP contribution in [0.5, 0.6) is 0 Å². The Kier molecular flexibility index (Phi) is 7.50. The largest absolute Gasteiger partial charge is 0.356 e. The molecule has 0 spiro atoms. The predicted molar refractivity (Wildman–Crippen MR) is 115 cm³/mol. The summed E-state index contributed by atoms with van der Waals surface area (Å²) in [7, 11) is 5.48. The summed E-state index contributed by atoms with van der Waals surface area (Å²) in [6.07, 6.45) is 10.8. The van der Waals surface area contributed by atoms with Crippen molar-refractivity contribution < 1.29 is 4.79 Å². The fraction of sp³-hybridized carbons (Fsp3) is 0.810. The highest BCUT2D eigenvalue weighted by molar-refractivity contribution is 5.85. The first-order valence-corrected chi connectivity index (χ1v) is 11.1. The van der Waals surface area contributed by atoms with E-state index < -0.39 is 0 Å². The Hall–Kier alpha value is -2.12. The highest BCUT2D eigenvalue weighted by Crippen LogP contribution is 2.38. The van der Waals surface area contributed by atoms with Gasteiger partial charge in [0, 0.05) is 53.6 Å². The monoisotopic (exact) mass is 403 g/mol. The molecule has 0 radical (unpaired) electrons. The van der Waals surface area contributed by atoms with E-state index in [9.17, 15) is 4.79 Å². The summed E-state index contributed by atoms with van der Waals surface area (Å²) in [5.41, 5.74) is -0.291. The van der Waals surface area contributed by atoms with Gasteiger partial charge in [-0.25, -0.2) is 0 Å². The molecule has 0 bridgehead atoms. The van der Waals surface area contributed by atoms with Crippen LogP contribution in [0.15, 0.2) is 4.99 Å². The number of carbonyl (C=O) groups is 1. The maximum Gasteiger partial charge on any atom is 0.230 e. The third-order valence-electron chi connectivity index (χ3n) is 6.29. The normalized spacial score (nSPS) is 18.8. The number of carbonyl (C=O) groups excluding carboxylic acids is 1. The Bertz CT molecular complexity index is 704. The average molecular weight is 404 g/mol. The minimum absolute atomic E-state index is 0.227. The van der Waals surface area contributed by atoms with E-state index in [4.69, 9.17) is 0 Å². The van der Waals surface area contributed by atoms with Crippen LogP contribution in [-0.2, 0) is 24.2 Å². The lowest BCUT2D eigenvalue weighted by atomic mass is 9.84. The number of nitrogens with one attached hydrogen (secondary N) is 2. The van der Waals surface area contributed by atoms with Crippen molar-refractivity contribution in [2.45, 2.75) is 70.8 Å². The molecule has 1 aliphatic heterocycles.